The van der Waals surface area contributed by atoms with Crippen LogP contribution < -0.4 is 15.1 Å². The van der Waals surface area contributed by atoms with Crippen molar-refractivity contribution in [1.29, 1.82) is 0 Å². The predicted octanol–water partition coefficient (Wildman–Crippen LogP) is 8.21. The Balaban J connectivity index is 1.43. The number of aromatic nitrogens is 2. The van der Waals surface area contributed by atoms with Gasteiger partial charge >= 0.3 is 0 Å². The van der Waals surface area contributed by atoms with Gasteiger partial charge in [0.2, 0.25) is 0 Å². The Morgan fingerprint density at radius 3 is 2.33 bits per heavy atom. The van der Waals surface area contributed by atoms with E-state index in [4.69, 9.17) is 40.4 Å². The number of anilines is 2. The van der Waals surface area contributed by atoms with Gasteiger partial charge in [0, 0.05) is 47.1 Å². The maximum Gasteiger partial charge on any atom is 0.174 e. The molecular formula is C32H33Cl2N5S. The van der Waals surface area contributed by atoms with Gasteiger partial charge in [-0.05, 0) is 111 Å². The van der Waals surface area contributed by atoms with Crippen molar-refractivity contribution < 1.29 is 0 Å². The van der Waals surface area contributed by atoms with Crippen LogP contribution in [0.3, 0.4) is 0 Å². The first kappa shape index (κ1) is 27.1. The van der Waals surface area contributed by atoms with Gasteiger partial charge in [-0.2, -0.15) is 0 Å². The normalized spacial score (nSPS) is 19.8. The van der Waals surface area contributed by atoms with Gasteiger partial charge in [-0.1, -0.05) is 36.2 Å². The SMILES string of the molecule is Cc1cc([C@@H]2[C@@H](c3ccccn3)NC(=S)N2c2ccc(N3CCC(C)CC3)c(Cl)c2)c(C)n1-c1ccc(Cl)cc1. The van der Waals surface area contributed by atoms with Crippen LogP contribution in [-0.4, -0.2) is 27.8 Å². The third kappa shape index (κ3) is 4.98. The van der Waals surface area contributed by atoms with Crippen LogP contribution in [0.1, 0.15) is 54.5 Å². The first-order chi connectivity index (χ1) is 19.3. The van der Waals surface area contributed by atoms with E-state index in [9.17, 15) is 0 Å². The molecule has 2 aliphatic heterocycles. The number of hydrogen-bond donors (Lipinski definition) is 1. The molecule has 4 heterocycles. The summed E-state index contributed by atoms with van der Waals surface area (Å²) in [5.74, 6) is 0.763. The van der Waals surface area contributed by atoms with Crippen molar-refractivity contribution in [2.45, 2.75) is 45.7 Å². The molecule has 40 heavy (non-hydrogen) atoms. The number of hydrogen-bond acceptors (Lipinski definition) is 3. The summed E-state index contributed by atoms with van der Waals surface area (Å²) < 4.78 is 2.27. The second-order valence-electron chi connectivity index (χ2n) is 10.9. The molecule has 0 bridgehead atoms. The van der Waals surface area contributed by atoms with Crippen LogP contribution in [0.25, 0.3) is 5.69 Å². The summed E-state index contributed by atoms with van der Waals surface area (Å²) in [5, 5.41) is 5.72. The quantitative estimate of drug-likeness (QED) is 0.237. The molecule has 5 nitrogen and oxygen atoms in total. The van der Waals surface area contributed by atoms with E-state index < -0.39 is 0 Å². The zero-order valence-electron chi connectivity index (χ0n) is 22.9. The number of rotatable bonds is 5. The lowest BCUT2D eigenvalue weighted by atomic mass is 9.96. The highest BCUT2D eigenvalue weighted by atomic mass is 35.5. The van der Waals surface area contributed by atoms with Crippen molar-refractivity contribution in [2.75, 3.05) is 22.9 Å². The summed E-state index contributed by atoms with van der Waals surface area (Å²) >= 11 is 19.2. The first-order valence-electron chi connectivity index (χ1n) is 13.8. The monoisotopic (exact) mass is 589 g/mol. The molecule has 0 amide bonds. The van der Waals surface area contributed by atoms with Crippen LogP contribution >= 0.6 is 35.4 Å². The van der Waals surface area contributed by atoms with E-state index in [1.807, 2.05) is 30.5 Å². The zero-order valence-corrected chi connectivity index (χ0v) is 25.3. The van der Waals surface area contributed by atoms with Gasteiger partial charge in [0.15, 0.2) is 5.11 Å². The number of nitrogens with zero attached hydrogens (tertiary/aromatic N) is 4. The molecule has 2 saturated heterocycles. The number of aryl methyl sites for hydroxylation is 1. The molecular weight excluding hydrogens is 557 g/mol. The maximum atomic E-state index is 6.97. The van der Waals surface area contributed by atoms with E-state index in [2.05, 4.69) is 82.9 Å². The smallest absolute Gasteiger partial charge is 0.174 e. The van der Waals surface area contributed by atoms with E-state index in [0.717, 1.165) is 63.2 Å². The fraction of sp³-hybridized carbons (Fsp3) is 0.312. The van der Waals surface area contributed by atoms with Gasteiger partial charge in [-0.25, -0.2) is 0 Å². The highest BCUT2D eigenvalue weighted by molar-refractivity contribution is 7.80. The minimum absolute atomic E-state index is 0.118. The summed E-state index contributed by atoms with van der Waals surface area (Å²) in [6.07, 6.45) is 4.21. The Kier molecular flexibility index (Phi) is 7.51. The average molecular weight is 591 g/mol. The predicted molar refractivity (Wildman–Crippen MR) is 170 cm³/mol. The van der Waals surface area contributed by atoms with Crippen LogP contribution in [0.15, 0.2) is 72.9 Å². The fourth-order valence-electron chi connectivity index (χ4n) is 6.18. The molecule has 0 radical (unpaired) electrons. The molecule has 0 aliphatic carbocycles. The van der Waals surface area contributed by atoms with Crippen LogP contribution in [0.4, 0.5) is 11.4 Å². The highest BCUT2D eigenvalue weighted by Gasteiger charge is 2.42. The fourth-order valence-corrected chi connectivity index (χ4v) is 6.94. The lowest BCUT2D eigenvalue weighted by Gasteiger charge is -2.33. The van der Waals surface area contributed by atoms with Crippen LogP contribution in [0, 0.1) is 19.8 Å². The molecule has 2 aliphatic rings. The van der Waals surface area contributed by atoms with Crippen LogP contribution in [0.2, 0.25) is 10.0 Å². The lowest BCUT2D eigenvalue weighted by Crippen LogP contribution is -2.33. The molecule has 206 valence electrons. The number of benzene rings is 2. The number of pyridine rings is 1. The van der Waals surface area contributed by atoms with Gasteiger partial charge in [0.1, 0.15) is 0 Å². The Hall–Kier alpha value is -3.06. The van der Waals surface area contributed by atoms with Crippen LogP contribution in [0.5, 0.6) is 0 Å². The molecule has 0 unspecified atom stereocenters. The van der Waals surface area contributed by atoms with E-state index in [0.29, 0.717) is 5.11 Å². The van der Waals surface area contributed by atoms with Crippen molar-refractivity contribution in [3.05, 3.63) is 106 Å². The minimum Gasteiger partial charge on any atom is -0.370 e. The molecule has 0 saturated carbocycles. The second-order valence-corrected chi connectivity index (χ2v) is 12.2. The molecule has 2 aromatic carbocycles. The number of nitrogens with one attached hydrogen (secondary N) is 1. The van der Waals surface area contributed by atoms with Crippen molar-refractivity contribution in [3.63, 3.8) is 0 Å². The standard InChI is InChI=1S/C32H33Cl2N5S/c1-20-13-16-37(17-14-20)29-12-11-25(19-27(29)34)39-31(30(36-32(39)40)28-6-4-5-15-35-28)26-18-21(2)38(22(26)3)24-9-7-23(33)8-10-24/h4-12,15,18-20,30-31H,13-14,16-17H2,1-3H3,(H,36,40)/t30-,31-/m1/s1. The average Bonchev–Trinajstić information content (AvgIpc) is 3.45. The maximum absolute atomic E-state index is 6.97. The minimum atomic E-state index is -0.130. The van der Waals surface area contributed by atoms with E-state index in [1.54, 1.807) is 0 Å². The molecule has 2 aromatic heterocycles. The molecule has 2 atom stereocenters. The molecule has 4 aromatic rings. The van der Waals surface area contributed by atoms with Crippen molar-refractivity contribution in [1.82, 2.24) is 14.9 Å². The third-order valence-corrected chi connectivity index (χ3v) is 9.17. The van der Waals surface area contributed by atoms with Crippen LogP contribution in [-0.2, 0) is 0 Å². The molecule has 8 heteroatoms. The van der Waals surface area contributed by atoms with Gasteiger partial charge in [-0.3, -0.25) is 4.98 Å². The van der Waals surface area contributed by atoms with Gasteiger partial charge in [-0.15, -0.1) is 0 Å². The van der Waals surface area contributed by atoms with Crippen molar-refractivity contribution in [2.24, 2.45) is 5.92 Å². The van der Waals surface area contributed by atoms with E-state index in [1.165, 1.54) is 18.4 Å². The largest absolute Gasteiger partial charge is 0.370 e. The van der Waals surface area contributed by atoms with Gasteiger partial charge in [0.05, 0.1) is 28.5 Å². The lowest BCUT2D eigenvalue weighted by molar-refractivity contribution is 0.438. The molecule has 6 rings (SSSR count). The summed E-state index contributed by atoms with van der Waals surface area (Å²) in [6, 6.07) is 22.4. The number of thiocarbonyl (C=S) groups is 1. The summed E-state index contributed by atoms with van der Waals surface area (Å²) in [5.41, 5.74) is 7.54. The Morgan fingerprint density at radius 2 is 1.65 bits per heavy atom. The molecule has 1 N–H and O–H groups in total. The summed E-state index contributed by atoms with van der Waals surface area (Å²) in [6.45, 7) is 8.69. The third-order valence-electron chi connectivity index (χ3n) is 8.31. The Bertz CT molecular complexity index is 1530. The number of piperidine rings is 1. The Labute approximate surface area is 251 Å². The van der Waals surface area contributed by atoms with Gasteiger partial charge in [0.25, 0.3) is 0 Å². The molecule has 2 fully saturated rings. The topological polar surface area (TPSA) is 36.3 Å². The molecule has 0 spiro atoms. The van der Waals surface area contributed by atoms with E-state index in [-0.39, 0.29) is 12.1 Å². The second kappa shape index (κ2) is 11.1. The van der Waals surface area contributed by atoms with Gasteiger partial charge < -0.3 is 19.7 Å². The first-order valence-corrected chi connectivity index (χ1v) is 15.0. The summed E-state index contributed by atoms with van der Waals surface area (Å²) in [7, 11) is 0. The van der Waals surface area contributed by atoms with Crippen molar-refractivity contribution >= 4 is 51.9 Å². The van der Waals surface area contributed by atoms with Crippen molar-refractivity contribution in [3.8, 4) is 5.69 Å². The zero-order chi connectivity index (χ0) is 28.0. The number of halogens is 2. The van der Waals surface area contributed by atoms with E-state index >= 15 is 0 Å². The highest BCUT2D eigenvalue weighted by Crippen LogP contribution is 2.45. The Morgan fingerprint density at radius 1 is 0.925 bits per heavy atom. The summed E-state index contributed by atoms with van der Waals surface area (Å²) in [4.78, 5) is 9.33.